The second kappa shape index (κ2) is 9.82. The molecule has 1 aromatic carbocycles. The lowest BCUT2D eigenvalue weighted by molar-refractivity contribution is -0.117. The van der Waals surface area contributed by atoms with Gasteiger partial charge in [0, 0.05) is 38.8 Å². The highest BCUT2D eigenvalue weighted by molar-refractivity contribution is 7.87. The lowest BCUT2D eigenvalue weighted by Gasteiger charge is -2.43. The molecule has 1 amide bonds. The molecule has 0 saturated carbocycles. The van der Waals surface area contributed by atoms with Crippen LogP contribution in [0.15, 0.2) is 18.2 Å². The molecule has 0 bridgehead atoms. The third kappa shape index (κ3) is 5.64. The topological polar surface area (TPSA) is 73.0 Å². The molecule has 0 radical (unpaired) electrons. The summed E-state index contributed by atoms with van der Waals surface area (Å²) < 4.78 is 28.3. The van der Waals surface area contributed by atoms with Crippen molar-refractivity contribution in [1.29, 1.82) is 0 Å². The molecule has 2 aliphatic heterocycles. The second-order valence-corrected chi connectivity index (χ2v) is 9.46. The van der Waals surface area contributed by atoms with E-state index in [0.717, 1.165) is 38.2 Å². The number of benzene rings is 1. The average molecular weight is 472 g/mol. The molecule has 2 fully saturated rings. The number of hydrogen-bond donors (Lipinski definition) is 1. The monoisotopic (exact) mass is 470 g/mol. The number of nitrogens with one attached hydrogen (secondary N) is 1. The van der Waals surface area contributed by atoms with Gasteiger partial charge in [-0.25, -0.2) is 4.72 Å². The quantitative estimate of drug-likeness (QED) is 0.714. The number of carbonyl (C=O) groups is 1. The molecule has 2 heterocycles. The number of carbonyl (C=O) groups excluding carboxylic acids is 1. The van der Waals surface area contributed by atoms with Gasteiger partial charge >= 0.3 is 10.2 Å². The molecule has 28 heavy (non-hydrogen) atoms. The molecule has 11 heteroatoms. The van der Waals surface area contributed by atoms with Gasteiger partial charge in [-0.2, -0.15) is 12.7 Å². The van der Waals surface area contributed by atoms with Crippen LogP contribution in [0.25, 0.3) is 0 Å². The zero-order chi connectivity index (χ0) is 19.6. The minimum atomic E-state index is -3.83. The van der Waals surface area contributed by atoms with Crippen LogP contribution in [0.1, 0.15) is 19.8 Å². The molecule has 0 aliphatic carbocycles. The molecular weight excluding hydrogens is 447 g/mol. The van der Waals surface area contributed by atoms with Crippen LogP contribution in [0.4, 0.5) is 5.69 Å². The zero-order valence-electron chi connectivity index (χ0n) is 15.6. The first-order valence-corrected chi connectivity index (χ1v) is 11.2. The van der Waals surface area contributed by atoms with Gasteiger partial charge in [0.15, 0.2) is 0 Å². The predicted molar refractivity (Wildman–Crippen MR) is 115 cm³/mol. The SMILES string of the molecule is CC(=O)NS(=O)(=O)N1CCN(c2ccc(Cl)c(Cl)c2)[C@H](CN2CCCC2)C1.Cl. The van der Waals surface area contributed by atoms with E-state index < -0.39 is 16.1 Å². The van der Waals surface area contributed by atoms with Gasteiger partial charge in [0.1, 0.15) is 0 Å². The van der Waals surface area contributed by atoms with E-state index in [4.69, 9.17) is 23.2 Å². The number of likely N-dealkylation sites (tertiary alicyclic amines) is 1. The first-order valence-electron chi connectivity index (χ1n) is 8.99. The molecule has 158 valence electrons. The van der Waals surface area contributed by atoms with E-state index in [1.807, 2.05) is 12.1 Å². The number of nitrogens with zero attached hydrogens (tertiary/aromatic N) is 3. The number of anilines is 1. The van der Waals surface area contributed by atoms with Gasteiger partial charge in [0.2, 0.25) is 5.91 Å². The van der Waals surface area contributed by atoms with E-state index in [9.17, 15) is 13.2 Å². The van der Waals surface area contributed by atoms with Crippen molar-refractivity contribution in [3.05, 3.63) is 28.2 Å². The normalized spacial score (nSPS) is 21.4. The van der Waals surface area contributed by atoms with Crippen LogP contribution in [0.2, 0.25) is 10.0 Å². The van der Waals surface area contributed by atoms with Crippen LogP contribution in [0, 0.1) is 0 Å². The summed E-state index contributed by atoms with van der Waals surface area (Å²) in [7, 11) is -3.83. The highest BCUT2D eigenvalue weighted by atomic mass is 35.5. The number of piperazine rings is 1. The standard InChI is InChI=1S/C17H24Cl2N4O3S.ClH/c1-13(24)20-27(25,26)22-8-9-23(14-4-5-16(18)17(19)10-14)15(12-22)11-21-6-2-3-7-21;/h4-5,10,15H,2-3,6-9,11-12H2,1H3,(H,20,24);1H/t15-;/m1./s1. The molecule has 1 aromatic rings. The fraction of sp³-hybridized carbons (Fsp3) is 0.588. The highest BCUT2D eigenvalue weighted by Gasteiger charge is 2.35. The molecule has 3 rings (SSSR count). The molecule has 7 nitrogen and oxygen atoms in total. The van der Waals surface area contributed by atoms with Gasteiger partial charge in [0.05, 0.1) is 16.1 Å². The first kappa shape index (κ1) is 23.5. The van der Waals surface area contributed by atoms with E-state index in [1.54, 1.807) is 6.07 Å². The molecule has 0 unspecified atom stereocenters. The van der Waals surface area contributed by atoms with Gasteiger partial charge in [-0.1, -0.05) is 23.2 Å². The largest absolute Gasteiger partial charge is 0.365 e. The van der Waals surface area contributed by atoms with Crippen molar-refractivity contribution in [1.82, 2.24) is 13.9 Å². The van der Waals surface area contributed by atoms with Crippen molar-refractivity contribution in [2.24, 2.45) is 0 Å². The Balaban J connectivity index is 0.00000280. The summed E-state index contributed by atoms with van der Waals surface area (Å²) in [5, 5.41) is 0.964. The maximum absolute atomic E-state index is 12.4. The minimum absolute atomic E-state index is 0. The summed E-state index contributed by atoms with van der Waals surface area (Å²) >= 11 is 12.2. The Hall–Kier alpha value is -0.770. The molecular formula is C17H25Cl3N4O3S. The van der Waals surface area contributed by atoms with Crippen LogP contribution < -0.4 is 9.62 Å². The molecule has 1 N–H and O–H groups in total. The van der Waals surface area contributed by atoms with Gasteiger partial charge in [0.25, 0.3) is 0 Å². The summed E-state index contributed by atoms with van der Waals surface area (Å²) in [5.41, 5.74) is 0.921. The van der Waals surface area contributed by atoms with Crippen molar-refractivity contribution in [3.63, 3.8) is 0 Å². The summed E-state index contributed by atoms with van der Waals surface area (Å²) in [5.74, 6) is -0.585. The van der Waals surface area contributed by atoms with Gasteiger partial charge in [-0.3, -0.25) is 4.79 Å². The highest BCUT2D eigenvalue weighted by Crippen LogP contribution is 2.30. The van der Waals surface area contributed by atoms with Crippen LogP contribution in [-0.4, -0.2) is 68.8 Å². The molecule has 0 spiro atoms. The Morgan fingerprint density at radius 3 is 2.43 bits per heavy atom. The lowest BCUT2D eigenvalue weighted by Crippen LogP contribution is -2.60. The third-order valence-electron chi connectivity index (χ3n) is 4.96. The maximum Gasteiger partial charge on any atom is 0.303 e. The number of halogens is 3. The Labute approximate surface area is 182 Å². The van der Waals surface area contributed by atoms with Gasteiger partial charge in [-0.15, -0.1) is 12.4 Å². The van der Waals surface area contributed by atoms with Crippen molar-refractivity contribution >= 4 is 57.4 Å². The maximum atomic E-state index is 12.4. The molecule has 1 atom stereocenters. The van der Waals surface area contributed by atoms with Gasteiger partial charge in [-0.05, 0) is 44.1 Å². The fourth-order valence-electron chi connectivity index (χ4n) is 3.71. The Morgan fingerprint density at radius 2 is 1.82 bits per heavy atom. The summed E-state index contributed by atoms with van der Waals surface area (Å²) in [6, 6.07) is 5.44. The number of hydrogen-bond acceptors (Lipinski definition) is 5. The average Bonchev–Trinajstić information content (AvgIpc) is 3.09. The smallest absolute Gasteiger partial charge is 0.303 e. The Kier molecular flexibility index (Phi) is 8.25. The summed E-state index contributed by atoms with van der Waals surface area (Å²) in [6.45, 7) is 5.10. The molecule has 2 saturated heterocycles. The van der Waals surface area contributed by atoms with E-state index in [0.29, 0.717) is 29.7 Å². The molecule has 0 aromatic heterocycles. The van der Waals surface area contributed by atoms with Crippen LogP contribution in [0.5, 0.6) is 0 Å². The van der Waals surface area contributed by atoms with Crippen molar-refractivity contribution in [3.8, 4) is 0 Å². The molecule has 2 aliphatic rings. The summed E-state index contributed by atoms with van der Waals surface area (Å²) in [4.78, 5) is 15.8. The van der Waals surface area contributed by atoms with Crippen molar-refractivity contribution in [2.75, 3.05) is 44.2 Å². The van der Waals surface area contributed by atoms with E-state index in [-0.39, 0.29) is 18.4 Å². The Bertz CT molecular complexity index is 803. The van der Waals surface area contributed by atoms with E-state index >= 15 is 0 Å². The zero-order valence-corrected chi connectivity index (χ0v) is 18.7. The third-order valence-corrected chi connectivity index (χ3v) is 7.26. The lowest BCUT2D eigenvalue weighted by atomic mass is 10.1. The first-order chi connectivity index (χ1) is 12.8. The van der Waals surface area contributed by atoms with Crippen molar-refractivity contribution < 1.29 is 13.2 Å². The van der Waals surface area contributed by atoms with Crippen molar-refractivity contribution in [2.45, 2.75) is 25.8 Å². The summed E-state index contributed by atoms with van der Waals surface area (Å²) in [6.07, 6.45) is 2.32. The van der Waals surface area contributed by atoms with Crippen LogP contribution in [0.3, 0.4) is 0 Å². The van der Waals surface area contributed by atoms with E-state index in [2.05, 4.69) is 14.5 Å². The van der Waals surface area contributed by atoms with Gasteiger partial charge < -0.3 is 9.80 Å². The Morgan fingerprint density at radius 1 is 1.14 bits per heavy atom. The fourth-order valence-corrected chi connectivity index (χ4v) is 5.19. The number of rotatable bonds is 5. The second-order valence-electron chi connectivity index (χ2n) is 6.97. The van der Waals surface area contributed by atoms with Crippen LogP contribution >= 0.6 is 35.6 Å². The van der Waals surface area contributed by atoms with Crippen LogP contribution in [-0.2, 0) is 15.0 Å². The minimum Gasteiger partial charge on any atom is -0.365 e. The predicted octanol–water partition coefficient (Wildman–Crippen LogP) is 2.38. The van der Waals surface area contributed by atoms with E-state index in [1.165, 1.54) is 11.2 Å². The number of amides is 1.